The van der Waals surface area contributed by atoms with E-state index in [1.807, 2.05) is 6.08 Å². The van der Waals surface area contributed by atoms with Crippen molar-refractivity contribution in [1.82, 2.24) is 0 Å². The summed E-state index contributed by atoms with van der Waals surface area (Å²) in [7, 11) is -0.389. The lowest BCUT2D eigenvalue weighted by molar-refractivity contribution is -0.134. The van der Waals surface area contributed by atoms with Gasteiger partial charge >= 0.3 is 5.97 Å². The van der Waals surface area contributed by atoms with Crippen LogP contribution < -0.4 is 0 Å². The molecule has 1 saturated heterocycles. The molecule has 0 radical (unpaired) electrons. The highest BCUT2D eigenvalue weighted by atomic mass is 28.4. The van der Waals surface area contributed by atoms with Crippen LogP contribution in [0, 0.1) is 0 Å². The van der Waals surface area contributed by atoms with Gasteiger partial charge in [-0.25, -0.2) is 4.79 Å². The third-order valence-corrected chi connectivity index (χ3v) is 9.21. The van der Waals surface area contributed by atoms with Crippen LogP contribution in [0.25, 0.3) is 0 Å². The van der Waals surface area contributed by atoms with Crippen LogP contribution in [0.3, 0.4) is 0 Å². The second-order valence-corrected chi connectivity index (χ2v) is 12.2. The van der Waals surface area contributed by atoms with Gasteiger partial charge in [-0.05, 0) is 43.8 Å². The van der Waals surface area contributed by atoms with Crippen LogP contribution in [0.4, 0.5) is 0 Å². The van der Waals surface area contributed by atoms with E-state index in [0.717, 1.165) is 32.3 Å². The highest BCUT2D eigenvalue weighted by Crippen LogP contribution is 2.39. The largest absolute Gasteiger partial charge is 0.466 e. The van der Waals surface area contributed by atoms with Crippen molar-refractivity contribution in [3.05, 3.63) is 12.2 Å². The smallest absolute Gasteiger partial charge is 0.330 e. The summed E-state index contributed by atoms with van der Waals surface area (Å²) >= 11 is 0. The average molecular weight is 329 g/mol. The lowest BCUT2D eigenvalue weighted by atomic mass is 10.0. The predicted molar refractivity (Wildman–Crippen MR) is 91.4 cm³/mol. The first-order valence-electron chi connectivity index (χ1n) is 8.21. The van der Waals surface area contributed by atoms with Crippen LogP contribution in [0.5, 0.6) is 0 Å². The Hall–Kier alpha value is -0.653. The number of esters is 1. The maximum Gasteiger partial charge on any atom is 0.330 e. The minimum absolute atomic E-state index is 0.130. The second-order valence-electron chi connectivity index (χ2n) is 7.47. The Kier molecular flexibility index (Phi) is 7.29. The lowest BCUT2D eigenvalue weighted by Gasteiger charge is -2.42. The van der Waals surface area contributed by atoms with Gasteiger partial charge in [-0.3, -0.25) is 0 Å². The maximum absolute atomic E-state index is 11.1. The van der Waals surface area contributed by atoms with Crippen molar-refractivity contribution >= 4 is 14.3 Å². The summed E-state index contributed by atoms with van der Waals surface area (Å²) in [6, 6.07) is 0. The molecule has 1 heterocycles. The van der Waals surface area contributed by atoms with Gasteiger partial charge in [0.2, 0.25) is 0 Å². The molecule has 0 N–H and O–H groups in total. The van der Waals surface area contributed by atoms with E-state index in [0.29, 0.717) is 0 Å². The van der Waals surface area contributed by atoms with Gasteiger partial charge in [0, 0.05) is 12.7 Å². The fourth-order valence-corrected chi connectivity index (χ4v) is 3.66. The molecule has 1 rings (SSSR count). The van der Waals surface area contributed by atoms with Crippen LogP contribution in [-0.2, 0) is 18.7 Å². The normalized spacial score (nSPS) is 23.7. The number of carbonyl (C=O) groups excluding carboxylic acids is 1. The minimum Gasteiger partial charge on any atom is -0.466 e. The van der Waals surface area contributed by atoms with E-state index in [1.54, 1.807) is 0 Å². The zero-order chi connectivity index (χ0) is 16.8. The van der Waals surface area contributed by atoms with Crippen LogP contribution >= 0.6 is 0 Å². The molecule has 4 nitrogen and oxygen atoms in total. The first-order chi connectivity index (χ1) is 10.2. The van der Waals surface area contributed by atoms with Gasteiger partial charge in [0.25, 0.3) is 0 Å². The van der Waals surface area contributed by atoms with Gasteiger partial charge in [0.15, 0.2) is 8.32 Å². The molecule has 1 aliphatic rings. The zero-order valence-electron chi connectivity index (χ0n) is 15.0. The molecule has 1 fully saturated rings. The van der Waals surface area contributed by atoms with Crippen LogP contribution in [0.15, 0.2) is 12.2 Å². The summed E-state index contributed by atoms with van der Waals surface area (Å²) < 4.78 is 17.1. The van der Waals surface area contributed by atoms with Gasteiger partial charge in [0.1, 0.15) is 0 Å². The zero-order valence-corrected chi connectivity index (χ0v) is 16.0. The summed E-state index contributed by atoms with van der Waals surface area (Å²) in [4.78, 5) is 11.1. The average Bonchev–Trinajstić information content (AvgIpc) is 2.43. The summed E-state index contributed by atoms with van der Waals surface area (Å²) in [5.41, 5.74) is 0. The van der Waals surface area contributed by atoms with E-state index in [2.05, 4.69) is 38.6 Å². The molecular formula is C17H32O4Si. The molecule has 1 aliphatic heterocycles. The highest BCUT2D eigenvalue weighted by molar-refractivity contribution is 6.74. The van der Waals surface area contributed by atoms with Crippen molar-refractivity contribution in [1.29, 1.82) is 0 Å². The number of allylic oxidation sites excluding steroid dienone is 1. The Labute approximate surface area is 136 Å². The monoisotopic (exact) mass is 328 g/mol. The Morgan fingerprint density at radius 2 is 2.05 bits per heavy atom. The molecule has 5 heteroatoms. The minimum atomic E-state index is -1.78. The Balaban J connectivity index is 2.57. The van der Waals surface area contributed by atoms with E-state index in [1.165, 1.54) is 13.2 Å². The Morgan fingerprint density at radius 1 is 1.36 bits per heavy atom. The number of hydrogen-bond donors (Lipinski definition) is 0. The van der Waals surface area contributed by atoms with Crippen molar-refractivity contribution in [2.45, 2.75) is 76.8 Å². The standard InChI is InChI=1S/C17H32O4Si/c1-17(2,3)22(5,6)21-15-11-9-13-20-14(15)10-7-8-12-16(18)19-4/h8,12,14-15H,7,9-11,13H2,1-6H3/b12-8+/t14-,15+/m1/s1. The van der Waals surface area contributed by atoms with Crippen LogP contribution in [0.1, 0.15) is 46.5 Å². The lowest BCUT2D eigenvalue weighted by Crippen LogP contribution is -2.49. The van der Waals surface area contributed by atoms with E-state index < -0.39 is 8.32 Å². The fraction of sp³-hybridized carbons (Fsp3) is 0.824. The third-order valence-electron chi connectivity index (χ3n) is 4.70. The summed E-state index contributed by atoms with van der Waals surface area (Å²) in [6.45, 7) is 12.2. The molecule has 0 aliphatic carbocycles. The first kappa shape index (κ1) is 19.4. The van der Waals surface area contributed by atoms with E-state index in [9.17, 15) is 4.79 Å². The number of ether oxygens (including phenoxy) is 2. The van der Waals surface area contributed by atoms with Gasteiger partial charge in [0.05, 0.1) is 19.3 Å². The van der Waals surface area contributed by atoms with Gasteiger partial charge in [-0.1, -0.05) is 26.8 Å². The maximum atomic E-state index is 11.1. The molecule has 0 spiro atoms. The predicted octanol–water partition coefficient (Wildman–Crippen LogP) is 4.07. The molecule has 0 aromatic rings. The third kappa shape index (κ3) is 5.86. The number of hydrogen-bond acceptors (Lipinski definition) is 4. The molecule has 128 valence electrons. The van der Waals surface area contributed by atoms with Crippen LogP contribution in [0.2, 0.25) is 18.1 Å². The molecule has 0 bridgehead atoms. The molecule has 22 heavy (non-hydrogen) atoms. The molecule has 0 saturated carbocycles. The molecule has 0 aromatic heterocycles. The first-order valence-corrected chi connectivity index (χ1v) is 11.1. The van der Waals surface area contributed by atoms with E-state index >= 15 is 0 Å². The fourth-order valence-electron chi connectivity index (χ4n) is 2.28. The molecule has 0 amide bonds. The molecule has 0 aromatic carbocycles. The molecule has 0 unspecified atom stereocenters. The molecule has 2 atom stereocenters. The van der Waals surface area contributed by atoms with Crippen molar-refractivity contribution in [3.8, 4) is 0 Å². The van der Waals surface area contributed by atoms with E-state index in [-0.39, 0.29) is 23.2 Å². The summed E-state index contributed by atoms with van der Waals surface area (Å²) in [5.74, 6) is -0.307. The Bertz CT molecular complexity index is 385. The number of rotatable bonds is 6. The van der Waals surface area contributed by atoms with Gasteiger partial charge < -0.3 is 13.9 Å². The highest BCUT2D eigenvalue weighted by Gasteiger charge is 2.41. The van der Waals surface area contributed by atoms with E-state index in [4.69, 9.17) is 9.16 Å². The van der Waals surface area contributed by atoms with Gasteiger partial charge in [-0.2, -0.15) is 0 Å². The van der Waals surface area contributed by atoms with Crippen molar-refractivity contribution in [3.63, 3.8) is 0 Å². The summed E-state index contributed by atoms with van der Waals surface area (Å²) in [5, 5.41) is 0.208. The summed E-state index contributed by atoms with van der Waals surface area (Å²) in [6.07, 6.45) is 7.46. The number of methoxy groups -OCH3 is 1. The topological polar surface area (TPSA) is 44.8 Å². The van der Waals surface area contributed by atoms with Crippen molar-refractivity contribution in [2.75, 3.05) is 13.7 Å². The quantitative estimate of drug-likeness (QED) is 0.419. The Morgan fingerprint density at radius 3 is 2.64 bits per heavy atom. The van der Waals surface area contributed by atoms with Gasteiger partial charge in [-0.15, -0.1) is 0 Å². The SMILES string of the molecule is COC(=O)/C=C/CC[C@H]1OCCC[C@@H]1O[Si](C)(C)C(C)(C)C. The number of carbonyl (C=O) groups is 1. The second kappa shape index (κ2) is 8.27. The molecular weight excluding hydrogens is 296 g/mol. The van der Waals surface area contributed by atoms with Crippen molar-refractivity contribution in [2.24, 2.45) is 0 Å². The van der Waals surface area contributed by atoms with Crippen molar-refractivity contribution < 1.29 is 18.7 Å². The van der Waals surface area contributed by atoms with Crippen LogP contribution in [-0.4, -0.2) is 40.2 Å².